The monoisotopic (exact) mass is 378 g/mol. The zero-order valence-electron chi connectivity index (χ0n) is 15.4. The molecule has 1 amide bonds. The summed E-state index contributed by atoms with van der Waals surface area (Å²) < 4.78 is 11.6. The molecule has 1 fully saturated rings. The highest BCUT2D eigenvalue weighted by atomic mass is 16.5. The summed E-state index contributed by atoms with van der Waals surface area (Å²) in [5, 5.41) is 13.2. The summed E-state index contributed by atoms with van der Waals surface area (Å²) in [6.45, 7) is 0.983. The number of hydrogen-bond donors (Lipinski definition) is 2. The van der Waals surface area contributed by atoms with Crippen molar-refractivity contribution in [3.63, 3.8) is 0 Å². The van der Waals surface area contributed by atoms with E-state index in [2.05, 4.69) is 10.3 Å². The number of fused-ring (bicyclic) bond motifs is 1. The molecular formula is C22H22N2O4. The molecule has 4 rings (SSSR count). The van der Waals surface area contributed by atoms with Crippen LogP contribution in [0.25, 0.3) is 10.9 Å². The minimum absolute atomic E-state index is 0.00716. The fourth-order valence-corrected chi connectivity index (χ4v) is 3.31. The van der Waals surface area contributed by atoms with Gasteiger partial charge in [0.25, 0.3) is 5.91 Å². The van der Waals surface area contributed by atoms with Gasteiger partial charge in [0.05, 0.1) is 24.8 Å². The first-order chi connectivity index (χ1) is 13.7. The molecule has 6 heteroatoms. The van der Waals surface area contributed by atoms with Crippen LogP contribution in [0.5, 0.6) is 5.75 Å². The van der Waals surface area contributed by atoms with Gasteiger partial charge < -0.3 is 19.9 Å². The first-order valence-corrected chi connectivity index (χ1v) is 9.33. The van der Waals surface area contributed by atoms with Gasteiger partial charge in [-0.2, -0.15) is 0 Å². The maximum atomic E-state index is 12.8. The van der Waals surface area contributed by atoms with E-state index in [-0.39, 0.29) is 24.7 Å². The molecule has 1 aliphatic rings. The van der Waals surface area contributed by atoms with Crippen molar-refractivity contribution in [2.45, 2.75) is 25.2 Å². The molecule has 0 aliphatic carbocycles. The van der Waals surface area contributed by atoms with Crippen LogP contribution in [-0.4, -0.2) is 41.4 Å². The molecule has 6 nitrogen and oxygen atoms in total. The number of benzene rings is 2. The van der Waals surface area contributed by atoms with Gasteiger partial charge in [-0.15, -0.1) is 0 Å². The number of carbonyl (C=O) groups excluding carboxylic acids is 1. The molecule has 1 aromatic heterocycles. The molecular weight excluding hydrogens is 356 g/mol. The fraction of sp³-hybridized carbons (Fsp3) is 0.273. The van der Waals surface area contributed by atoms with Crippen LogP contribution in [0.15, 0.2) is 60.8 Å². The van der Waals surface area contributed by atoms with Crippen LogP contribution in [0, 0.1) is 0 Å². The van der Waals surface area contributed by atoms with E-state index in [1.807, 2.05) is 48.5 Å². The van der Waals surface area contributed by atoms with Crippen LogP contribution < -0.4 is 10.1 Å². The van der Waals surface area contributed by atoms with E-state index in [9.17, 15) is 4.79 Å². The number of aliphatic hydroxyl groups excluding tert-OH is 1. The van der Waals surface area contributed by atoms with E-state index in [1.165, 1.54) is 0 Å². The summed E-state index contributed by atoms with van der Waals surface area (Å²) in [6.07, 6.45) is 2.14. The van der Waals surface area contributed by atoms with Crippen LogP contribution in [0.2, 0.25) is 0 Å². The summed E-state index contributed by atoms with van der Waals surface area (Å²) in [5.41, 5.74) is 2.28. The van der Waals surface area contributed by atoms with Crippen LogP contribution >= 0.6 is 0 Å². The molecule has 2 aromatic carbocycles. The first kappa shape index (κ1) is 18.4. The maximum Gasteiger partial charge on any atom is 0.251 e. The second kappa shape index (κ2) is 8.37. The van der Waals surface area contributed by atoms with Gasteiger partial charge in [-0.3, -0.25) is 9.78 Å². The van der Waals surface area contributed by atoms with E-state index < -0.39 is 0 Å². The second-order valence-corrected chi connectivity index (χ2v) is 6.81. The first-order valence-electron chi connectivity index (χ1n) is 9.33. The highest BCUT2D eigenvalue weighted by molar-refractivity contribution is 5.98. The molecule has 28 heavy (non-hydrogen) atoms. The largest absolute Gasteiger partial charge is 0.486 e. The highest BCUT2D eigenvalue weighted by Crippen LogP contribution is 2.20. The van der Waals surface area contributed by atoms with Crippen molar-refractivity contribution < 1.29 is 19.4 Å². The Balaban J connectivity index is 1.46. The van der Waals surface area contributed by atoms with Gasteiger partial charge in [-0.1, -0.05) is 18.2 Å². The number of ether oxygens (including phenoxy) is 2. The summed E-state index contributed by atoms with van der Waals surface area (Å²) >= 11 is 0. The van der Waals surface area contributed by atoms with Gasteiger partial charge in [-0.05, 0) is 48.4 Å². The van der Waals surface area contributed by atoms with Crippen molar-refractivity contribution in [3.05, 3.63) is 71.9 Å². The Morgan fingerprint density at radius 3 is 2.89 bits per heavy atom. The molecule has 0 radical (unpaired) electrons. The SMILES string of the molecule is O=C(N[C@@H]1CCOC[C@H]1Oc1ccc(CO)cc1)c1ccc2ncccc2c1. The number of rotatable bonds is 5. The average molecular weight is 378 g/mol. The Bertz CT molecular complexity index is 958. The summed E-state index contributed by atoms with van der Waals surface area (Å²) in [7, 11) is 0. The van der Waals surface area contributed by atoms with Gasteiger partial charge in [0.15, 0.2) is 0 Å². The van der Waals surface area contributed by atoms with Gasteiger partial charge in [0.1, 0.15) is 11.9 Å². The summed E-state index contributed by atoms with van der Waals surface area (Å²) in [4.78, 5) is 17.1. The predicted molar refractivity (Wildman–Crippen MR) is 105 cm³/mol. The molecule has 2 N–H and O–H groups in total. The molecule has 2 atom stereocenters. The lowest BCUT2D eigenvalue weighted by Crippen LogP contribution is -2.51. The number of nitrogens with one attached hydrogen (secondary N) is 1. The van der Waals surface area contributed by atoms with Crippen molar-refractivity contribution in [2.24, 2.45) is 0 Å². The molecule has 1 aliphatic heterocycles. The van der Waals surface area contributed by atoms with Crippen LogP contribution in [-0.2, 0) is 11.3 Å². The van der Waals surface area contributed by atoms with Gasteiger partial charge in [0.2, 0.25) is 0 Å². The van der Waals surface area contributed by atoms with E-state index in [0.29, 0.717) is 30.9 Å². The van der Waals surface area contributed by atoms with Crippen molar-refractivity contribution in [1.29, 1.82) is 0 Å². The molecule has 0 bridgehead atoms. The van der Waals surface area contributed by atoms with Crippen LogP contribution in [0.3, 0.4) is 0 Å². The minimum atomic E-state index is -0.278. The van der Waals surface area contributed by atoms with E-state index in [4.69, 9.17) is 14.6 Å². The van der Waals surface area contributed by atoms with Gasteiger partial charge >= 0.3 is 0 Å². The molecule has 144 valence electrons. The maximum absolute atomic E-state index is 12.8. The number of pyridine rings is 1. The molecule has 3 aromatic rings. The van der Waals surface area contributed by atoms with E-state index in [1.54, 1.807) is 12.3 Å². The van der Waals surface area contributed by atoms with Crippen LogP contribution in [0.1, 0.15) is 22.3 Å². The number of carbonyl (C=O) groups is 1. The average Bonchev–Trinajstić information content (AvgIpc) is 2.75. The zero-order valence-corrected chi connectivity index (χ0v) is 15.4. The third kappa shape index (κ3) is 4.13. The predicted octanol–water partition coefficient (Wildman–Crippen LogP) is 2.69. The van der Waals surface area contributed by atoms with Crippen molar-refractivity contribution in [3.8, 4) is 5.75 Å². The lowest BCUT2D eigenvalue weighted by Gasteiger charge is -2.32. The number of nitrogens with zero attached hydrogens (tertiary/aromatic N) is 1. The lowest BCUT2D eigenvalue weighted by molar-refractivity contribution is -0.0135. The van der Waals surface area contributed by atoms with Crippen molar-refractivity contribution in [1.82, 2.24) is 10.3 Å². The lowest BCUT2D eigenvalue weighted by atomic mass is 10.0. The second-order valence-electron chi connectivity index (χ2n) is 6.81. The molecule has 0 unspecified atom stereocenters. The quantitative estimate of drug-likeness (QED) is 0.714. The molecule has 1 saturated heterocycles. The third-order valence-electron chi connectivity index (χ3n) is 4.88. The summed E-state index contributed by atoms with van der Waals surface area (Å²) in [5.74, 6) is 0.547. The molecule has 2 heterocycles. The number of aromatic nitrogens is 1. The minimum Gasteiger partial charge on any atom is -0.486 e. The normalized spacial score (nSPS) is 19.3. The number of amides is 1. The number of hydrogen-bond acceptors (Lipinski definition) is 5. The third-order valence-corrected chi connectivity index (χ3v) is 4.88. The Kier molecular flexibility index (Phi) is 5.50. The smallest absolute Gasteiger partial charge is 0.251 e. The molecule has 0 saturated carbocycles. The Morgan fingerprint density at radius 2 is 2.07 bits per heavy atom. The van der Waals surface area contributed by atoms with Crippen molar-refractivity contribution >= 4 is 16.8 Å². The highest BCUT2D eigenvalue weighted by Gasteiger charge is 2.29. The standard InChI is InChI=1S/C22H22N2O4/c25-13-15-3-6-18(7-4-15)28-21-14-27-11-9-20(21)24-22(26)17-5-8-19-16(12-17)2-1-10-23-19/h1-8,10,12,20-21,25H,9,11,13-14H2,(H,24,26)/t20-,21-/m1/s1. The Hall–Kier alpha value is -2.96. The Labute approximate surface area is 163 Å². The summed E-state index contributed by atoms with van der Waals surface area (Å²) in [6, 6.07) is 16.4. The fourth-order valence-electron chi connectivity index (χ4n) is 3.31. The van der Waals surface area contributed by atoms with Gasteiger partial charge in [0, 0.05) is 23.8 Å². The van der Waals surface area contributed by atoms with E-state index >= 15 is 0 Å². The topological polar surface area (TPSA) is 80.7 Å². The van der Waals surface area contributed by atoms with Crippen LogP contribution in [0.4, 0.5) is 0 Å². The zero-order chi connectivity index (χ0) is 19.3. The van der Waals surface area contributed by atoms with E-state index in [0.717, 1.165) is 16.5 Å². The molecule has 0 spiro atoms. The van der Waals surface area contributed by atoms with Crippen molar-refractivity contribution in [2.75, 3.05) is 13.2 Å². The Morgan fingerprint density at radius 1 is 1.21 bits per heavy atom. The number of aliphatic hydroxyl groups is 1. The van der Waals surface area contributed by atoms with Gasteiger partial charge in [-0.25, -0.2) is 0 Å².